The van der Waals surface area contributed by atoms with E-state index < -0.39 is 11.7 Å². The Morgan fingerprint density at radius 3 is 2.63 bits per heavy atom. The number of nitrogens with zero attached hydrogens (tertiary/aromatic N) is 1. The van der Waals surface area contributed by atoms with Crippen molar-refractivity contribution < 1.29 is 13.2 Å². The van der Waals surface area contributed by atoms with E-state index in [-0.39, 0.29) is 6.04 Å². The lowest BCUT2D eigenvalue weighted by Gasteiger charge is -2.27. The monoisotopic (exact) mass is 285 g/mol. The molecule has 2 unspecified atom stereocenters. The number of halogens is 3. The topological polar surface area (TPSA) is 3.24 Å². The predicted molar refractivity (Wildman–Crippen MR) is 71.5 cm³/mol. The average molecular weight is 285 g/mol. The Balaban J connectivity index is 2.03. The summed E-state index contributed by atoms with van der Waals surface area (Å²) in [5, 5.41) is 0. The molecule has 102 valence electrons. The van der Waals surface area contributed by atoms with Crippen molar-refractivity contribution in [1.29, 1.82) is 0 Å². The first-order valence-electron chi connectivity index (χ1n) is 6.19. The first-order valence-corrected chi connectivity index (χ1v) is 7.38. The Hall–Kier alpha value is -0.940. The van der Waals surface area contributed by atoms with E-state index in [4.69, 9.17) is 0 Å². The van der Waals surface area contributed by atoms with Crippen molar-refractivity contribution >= 4 is 17.5 Å². The highest BCUT2D eigenvalue weighted by atomic mass is 32.2. The Kier molecular flexibility index (Phi) is 3.14. The molecule has 1 aromatic rings. The van der Waals surface area contributed by atoms with Gasteiger partial charge in [0, 0.05) is 12.6 Å². The second-order valence-electron chi connectivity index (χ2n) is 4.96. The second-order valence-corrected chi connectivity index (χ2v) is 5.79. The molecule has 0 aromatic heterocycles. The van der Waals surface area contributed by atoms with Crippen molar-refractivity contribution in [1.82, 2.24) is 4.31 Å². The van der Waals surface area contributed by atoms with Gasteiger partial charge >= 0.3 is 6.18 Å². The molecular formula is C14H14F3NS. The van der Waals surface area contributed by atoms with Gasteiger partial charge in [0.05, 0.1) is 5.56 Å². The van der Waals surface area contributed by atoms with Gasteiger partial charge in [0.1, 0.15) is 0 Å². The zero-order valence-electron chi connectivity index (χ0n) is 10.4. The summed E-state index contributed by atoms with van der Waals surface area (Å²) in [4.78, 5) is 0. The first kappa shape index (κ1) is 13.1. The van der Waals surface area contributed by atoms with Gasteiger partial charge < -0.3 is 0 Å². The van der Waals surface area contributed by atoms with Crippen LogP contribution in [-0.2, 0) is 6.18 Å². The molecule has 0 amide bonds. The summed E-state index contributed by atoms with van der Waals surface area (Å²) in [7, 11) is 0. The van der Waals surface area contributed by atoms with Gasteiger partial charge in [-0.1, -0.05) is 36.2 Å². The van der Waals surface area contributed by atoms with E-state index in [1.54, 1.807) is 24.1 Å². The molecule has 3 rings (SSSR count). The molecule has 1 aliphatic carbocycles. The van der Waals surface area contributed by atoms with Crippen LogP contribution in [0.15, 0.2) is 30.3 Å². The molecule has 0 radical (unpaired) electrons. The third kappa shape index (κ3) is 2.19. The van der Waals surface area contributed by atoms with E-state index in [9.17, 15) is 13.2 Å². The number of benzene rings is 1. The Morgan fingerprint density at radius 2 is 2.00 bits per heavy atom. The quantitative estimate of drug-likeness (QED) is 0.754. The fourth-order valence-electron chi connectivity index (χ4n) is 3.06. The van der Waals surface area contributed by atoms with Crippen LogP contribution in [0.3, 0.4) is 0 Å². The third-order valence-electron chi connectivity index (χ3n) is 3.84. The van der Waals surface area contributed by atoms with E-state index in [2.05, 4.69) is 4.31 Å². The van der Waals surface area contributed by atoms with Gasteiger partial charge in [-0.3, -0.25) is 0 Å². The Morgan fingerprint density at radius 1 is 1.26 bits per heavy atom. The van der Waals surface area contributed by atoms with Gasteiger partial charge in [0.2, 0.25) is 0 Å². The van der Waals surface area contributed by atoms with Gasteiger partial charge in [-0.25, -0.2) is 4.31 Å². The van der Waals surface area contributed by atoms with Crippen LogP contribution >= 0.6 is 11.9 Å². The standard InChI is InChI=1S/C14H14F3NS/c1-19-18-8-9-6-11(13(18)7-9)10-4-2-3-5-12(10)14(15,16)17/h2-6,9,13H,7-8H2,1H3. The van der Waals surface area contributed by atoms with Gasteiger partial charge in [-0.05, 0) is 35.8 Å². The lowest BCUT2D eigenvalue weighted by atomic mass is 9.96. The minimum atomic E-state index is -4.29. The van der Waals surface area contributed by atoms with Crippen molar-refractivity contribution in [2.45, 2.75) is 18.6 Å². The lowest BCUT2D eigenvalue weighted by molar-refractivity contribution is -0.137. The molecule has 1 saturated heterocycles. The summed E-state index contributed by atoms with van der Waals surface area (Å²) in [6.07, 6.45) is 0.668. The first-order chi connectivity index (χ1) is 9.00. The number of hydrogen-bond donors (Lipinski definition) is 0. The van der Waals surface area contributed by atoms with Crippen LogP contribution in [0, 0.1) is 5.92 Å². The Bertz CT molecular complexity index is 524. The highest BCUT2D eigenvalue weighted by Gasteiger charge is 2.42. The van der Waals surface area contributed by atoms with Crippen molar-refractivity contribution in [3.8, 4) is 0 Å². The third-order valence-corrected chi connectivity index (χ3v) is 4.71. The van der Waals surface area contributed by atoms with Crippen LogP contribution in [0.5, 0.6) is 0 Å². The highest BCUT2D eigenvalue weighted by Crippen LogP contribution is 2.46. The summed E-state index contributed by atoms with van der Waals surface area (Å²) in [6.45, 7) is 0.948. The molecule has 2 aliphatic rings. The zero-order chi connectivity index (χ0) is 13.6. The SMILES string of the molecule is CSN1CC2C=C(c3ccccc3C(F)(F)F)C1C2. The van der Waals surface area contributed by atoms with Crippen molar-refractivity contribution in [2.75, 3.05) is 12.8 Å². The number of alkyl halides is 3. The van der Waals surface area contributed by atoms with Crippen LogP contribution in [-0.4, -0.2) is 23.1 Å². The highest BCUT2D eigenvalue weighted by molar-refractivity contribution is 7.96. The molecule has 0 saturated carbocycles. The summed E-state index contributed by atoms with van der Waals surface area (Å²) >= 11 is 1.62. The average Bonchev–Trinajstić information content (AvgIpc) is 2.97. The maximum atomic E-state index is 13.1. The van der Waals surface area contributed by atoms with Crippen LogP contribution in [0.25, 0.3) is 5.57 Å². The largest absolute Gasteiger partial charge is 0.416 e. The van der Waals surface area contributed by atoms with E-state index >= 15 is 0 Å². The zero-order valence-corrected chi connectivity index (χ0v) is 11.3. The number of hydrogen-bond acceptors (Lipinski definition) is 2. The number of fused-ring (bicyclic) bond motifs is 2. The Labute approximate surface area is 114 Å². The molecule has 1 aromatic carbocycles. The molecule has 1 heterocycles. The van der Waals surface area contributed by atoms with Crippen molar-refractivity contribution in [3.05, 3.63) is 41.5 Å². The minimum absolute atomic E-state index is 0.128. The van der Waals surface area contributed by atoms with Crippen LogP contribution in [0.2, 0.25) is 0 Å². The fraction of sp³-hybridized carbons (Fsp3) is 0.429. The van der Waals surface area contributed by atoms with E-state index in [0.717, 1.165) is 18.5 Å². The van der Waals surface area contributed by atoms with Gasteiger partial charge in [-0.2, -0.15) is 13.2 Å². The fourth-order valence-corrected chi connectivity index (χ4v) is 3.85. The van der Waals surface area contributed by atoms with E-state index in [0.29, 0.717) is 11.5 Å². The van der Waals surface area contributed by atoms with Gasteiger partial charge in [-0.15, -0.1) is 0 Å². The molecule has 1 nitrogen and oxygen atoms in total. The summed E-state index contributed by atoms with van der Waals surface area (Å²) in [5.74, 6) is 0.397. The maximum Gasteiger partial charge on any atom is 0.416 e. The summed E-state index contributed by atoms with van der Waals surface area (Å²) in [5.41, 5.74) is 0.676. The smallest absolute Gasteiger partial charge is 0.243 e. The van der Waals surface area contributed by atoms with Gasteiger partial charge in [0.15, 0.2) is 0 Å². The van der Waals surface area contributed by atoms with E-state index in [1.807, 2.05) is 12.3 Å². The molecule has 5 heteroatoms. The maximum absolute atomic E-state index is 13.1. The van der Waals surface area contributed by atoms with Crippen molar-refractivity contribution in [3.63, 3.8) is 0 Å². The van der Waals surface area contributed by atoms with Crippen molar-refractivity contribution in [2.24, 2.45) is 5.92 Å². The molecule has 19 heavy (non-hydrogen) atoms. The molecule has 1 fully saturated rings. The van der Waals surface area contributed by atoms with Crippen LogP contribution in [0.1, 0.15) is 17.5 Å². The van der Waals surface area contributed by atoms with Gasteiger partial charge in [0.25, 0.3) is 0 Å². The molecule has 0 spiro atoms. The molecule has 2 bridgehead atoms. The van der Waals surface area contributed by atoms with Crippen LogP contribution in [0.4, 0.5) is 13.2 Å². The predicted octanol–water partition coefficient (Wildman–Crippen LogP) is 4.07. The summed E-state index contributed by atoms with van der Waals surface area (Å²) < 4.78 is 41.4. The normalized spacial score (nSPS) is 26.8. The summed E-state index contributed by atoms with van der Waals surface area (Å²) in [6, 6.07) is 6.02. The molecular weight excluding hydrogens is 271 g/mol. The van der Waals surface area contributed by atoms with Crippen LogP contribution < -0.4 is 0 Å². The second kappa shape index (κ2) is 4.56. The molecule has 0 N–H and O–H groups in total. The number of rotatable bonds is 2. The molecule has 2 atom stereocenters. The van der Waals surface area contributed by atoms with E-state index in [1.165, 1.54) is 12.1 Å². The minimum Gasteiger partial charge on any atom is -0.243 e. The molecule has 1 aliphatic heterocycles. The lowest BCUT2D eigenvalue weighted by Crippen LogP contribution is -2.26.